The number of hydrogen-bond acceptors (Lipinski definition) is 5. The van der Waals surface area contributed by atoms with E-state index in [4.69, 9.17) is 0 Å². The van der Waals surface area contributed by atoms with Crippen LogP contribution in [-0.4, -0.2) is 43.0 Å². The van der Waals surface area contributed by atoms with Gasteiger partial charge in [-0.1, -0.05) is 5.21 Å². The van der Waals surface area contributed by atoms with Crippen molar-refractivity contribution in [2.24, 2.45) is 0 Å². The standard InChI is InChI=1S/C11H11N7O/c19-11(12-4-3-10-15-17-18-16-10)7-1-2-8-9(5-7)14-6-13-8/h1-2,5-6H,3-4H2,(H,12,19)(H,13,14)(H,15,16,17,18). The number of H-pyrrole nitrogens is 2. The summed E-state index contributed by atoms with van der Waals surface area (Å²) in [5.41, 5.74) is 2.26. The minimum atomic E-state index is -0.139. The molecule has 0 saturated heterocycles. The van der Waals surface area contributed by atoms with Crippen molar-refractivity contribution in [1.82, 2.24) is 35.9 Å². The van der Waals surface area contributed by atoms with E-state index in [0.717, 1.165) is 11.0 Å². The van der Waals surface area contributed by atoms with Crippen molar-refractivity contribution >= 4 is 16.9 Å². The molecule has 1 amide bonds. The van der Waals surface area contributed by atoms with Crippen molar-refractivity contribution in [3.8, 4) is 0 Å². The fourth-order valence-corrected chi connectivity index (χ4v) is 1.76. The molecule has 0 saturated carbocycles. The van der Waals surface area contributed by atoms with Gasteiger partial charge in [0.1, 0.15) is 0 Å². The minimum absolute atomic E-state index is 0.139. The Morgan fingerprint density at radius 3 is 3.16 bits per heavy atom. The molecular weight excluding hydrogens is 246 g/mol. The summed E-state index contributed by atoms with van der Waals surface area (Å²) in [7, 11) is 0. The maximum absolute atomic E-state index is 11.9. The summed E-state index contributed by atoms with van der Waals surface area (Å²) < 4.78 is 0. The van der Waals surface area contributed by atoms with Gasteiger partial charge in [0.2, 0.25) is 0 Å². The quantitative estimate of drug-likeness (QED) is 0.611. The smallest absolute Gasteiger partial charge is 0.251 e. The normalized spacial score (nSPS) is 10.7. The second-order valence-electron chi connectivity index (χ2n) is 3.97. The van der Waals surface area contributed by atoms with Gasteiger partial charge in [0, 0.05) is 18.5 Å². The lowest BCUT2D eigenvalue weighted by molar-refractivity contribution is 0.0954. The van der Waals surface area contributed by atoms with Gasteiger partial charge in [0.25, 0.3) is 5.91 Å². The largest absolute Gasteiger partial charge is 0.352 e. The fraction of sp³-hybridized carbons (Fsp3) is 0.182. The van der Waals surface area contributed by atoms with E-state index >= 15 is 0 Å². The topological polar surface area (TPSA) is 112 Å². The van der Waals surface area contributed by atoms with E-state index < -0.39 is 0 Å². The van der Waals surface area contributed by atoms with Gasteiger partial charge in [-0.15, -0.1) is 10.2 Å². The van der Waals surface area contributed by atoms with E-state index in [1.54, 1.807) is 24.5 Å². The molecule has 0 atom stereocenters. The molecule has 0 fully saturated rings. The Labute approximate surface area is 107 Å². The van der Waals surface area contributed by atoms with Gasteiger partial charge in [-0.2, -0.15) is 5.21 Å². The number of carbonyl (C=O) groups excluding carboxylic acids is 1. The third-order valence-electron chi connectivity index (χ3n) is 2.71. The van der Waals surface area contributed by atoms with Gasteiger partial charge in [0.05, 0.1) is 17.4 Å². The Balaban J connectivity index is 1.63. The zero-order valence-electron chi connectivity index (χ0n) is 9.92. The molecule has 96 valence electrons. The predicted molar refractivity (Wildman–Crippen MR) is 66.3 cm³/mol. The Hall–Kier alpha value is -2.77. The zero-order chi connectivity index (χ0) is 13.1. The van der Waals surface area contributed by atoms with Crippen LogP contribution in [0.3, 0.4) is 0 Å². The lowest BCUT2D eigenvalue weighted by atomic mass is 10.2. The number of carbonyl (C=O) groups is 1. The van der Waals surface area contributed by atoms with Crippen LogP contribution in [0.2, 0.25) is 0 Å². The maximum atomic E-state index is 11.9. The Bertz CT molecular complexity index is 688. The van der Waals surface area contributed by atoms with Gasteiger partial charge in [-0.05, 0) is 18.2 Å². The molecule has 1 aromatic carbocycles. The van der Waals surface area contributed by atoms with E-state index in [0.29, 0.717) is 24.4 Å². The summed E-state index contributed by atoms with van der Waals surface area (Å²) in [6, 6.07) is 5.32. The third-order valence-corrected chi connectivity index (χ3v) is 2.71. The molecule has 8 heteroatoms. The number of imidazole rings is 1. The molecule has 0 aliphatic carbocycles. The molecule has 0 spiro atoms. The highest BCUT2D eigenvalue weighted by Crippen LogP contribution is 2.11. The first kappa shape index (κ1) is 11.3. The predicted octanol–water partition coefficient (Wildman–Crippen LogP) is 0.0485. The molecule has 3 N–H and O–H groups in total. The number of fused-ring (bicyclic) bond motifs is 1. The lowest BCUT2D eigenvalue weighted by Crippen LogP contribution is -2.25. The van der Waals surface area contributed by atoms with Crippen molar-refractivity contribution in [1.29, 1.82) is 0 Å². The SMILES string of the molecule is O=C(NCCc1nn[nH]n1)c1ccc2nc[nH]c2c1. The number of aromatic amines is 2. The van der Waals surface area contributed by atoms with Gasteiger partial charge in [-0.3, -0.25) is 4.79 Å². The van der Waals surface area contributed by atoms with Crippen LogP contribution < -0.4 is 5.32 Å². The van der Waals surface area contributed by atoms with E-state index in [1.807, 2.05) is 0 Å². The van der Waals surface area contributed by atoms with Crippen molar-refractivity contribution in [3.05, 3.63) is 35.9 Å². The highest BCUT2D eigenvalue weighted by molar-refractivity contribution is 5.97. The second kappa shape index (κ2) is 4.84. The van der Waals surface area contributed by atoms with Gasteiger partial charge >= 0.3 is 0 Å². The Kier molecular flexibility index (Phi) is 2.89. The fourth-order valence-electron chi connectivity index (χ4n) is 1.76. The van der Waals surface area contributed by atoms with Crippen molar-refractivity contribution < 1.29 is 4.79 Å². The number of tetrazole rings is 1. The minimum Gasteiger partial charge on any atom is -0.352 e. The molecule has 8 nitrogen and oxygen atoms in total. The summed E-state index contributed by atoms with van der Waals surface area (Å²) in [5, 5.41) is 16.2. The zero-order valence-corrected chi connectivity index (χ0v) is 9.92. The summed E-state index contributed by atoms with van der Waals surface area (Å²) in [5.74, 6) is 0.435. The number of amides is 1. The lowest BCUT2D eigenvalue weighted by Gasteiger charge is -2.03. The highest BCUT2D eigenvalue weighted by atomic mass is 16.1. The average molecular weight is 257 g/mol. The molecule has 2 aromatic heterocycles. The summed E-state index contributed by atoms with van der Waals surface area (Å²) in [4.78, 5) is 19.0. The van der Waals surface area contributed by atoms with Crippen LogP contribution in [0.4, 0.5) is 0 Å². The monoisotopic (exact) mass is 257 g/mol. The van der Waals surface area contributed by atoms with Crippen molar-refractivity contribution in [3.63, 3.8) is 0 Å². The van der Waals surface area contributed by atoms with Crippen LogP contribution in [0.5, 0.6) is 0 Å². The van der Waals surface area contributed by atoms with Gasteiger partial charge in [0.15, 0.2) is 5.82 Å². The molecule has 3 aromatic rings. The second-order valence-corrected chi connectivity index (χ2v) is 3.97. The van der Waals surface area contributed by atoms with Crippen molar-refractivity contribution in [2.75, 3.05) is 6.54 Å². The number of nitrogens with zero attached hydrogens (tertiary/aromatic N) is 4. The van der Waals surface area contributed by atoms with Gasteiger partial charge < -0.3 is 10.3 Å². The Morgan fingerprint density at radius 2 is 2.32 bits per heavy atom. The molecular formula is C11H11N7O. The van der Waals surface area contributed by atoms with Crippen LogP contribution in [-0.2, 0) is 6.42 Å². The van der Waals surface area contributed by atoms with Crippen LogP contribution in [0.15, 0.2) is 24.5 Å². The molecule has 0 unspecified atom stereocenters. The highest BCUT2D eigenvalue weighted by Gasteiger charge is 2.07. The first-order valence-corrected chi connectivity index (χ1v) is 5.76. The number of nitrogens with one attached hydrogen (secondary N) is 3. The van der Waals surface area contributed by atoms with Crippen LogP contribution >= 0.6 is 0 Å². The number of aromatic nitrogens is 6. The number of hydrogen-bond donors (Lipinski definition) is 3. The van der Waals surface area contributed by atoms with Crippen molar-refractivity contribution in [2.45, 2.75) is 6.42 Å². The molecule has 0 bridgehead atoms. The molecule has 2 heterocycles. The van der Waals surface area contributed by atoms with E-state index in [-0.39, 0.29) is 5.91 Å². The van der Waals surface area contributed by atoms with E-state index in [9.17, 15) is 4.79 Å². The van der Waals surface area contributed by atoms with Gasteiger partial charge in [-0.25, -0.2) is 4.98 Å². The first-order chi connectivity index (χ1) is 9.33. The molecule has 3 rings (SSSR count). The third kappa shape index (κ3) is 2.41. The molecule has 19 heavy (non-hydrogen) atoms. The van der Waals surface area contributed by atoms with E-state index in [1.165, 1.54) is 0 Å². The maximum Gasteiger partial charge on any atom is 0.251 e. The van der Waals surface area contributed by atoms with Crippen LogP contribution in [0.1, 0.15) is 16.2 Å². The Morgan fingerprint density at radius 1 is 1.37 bits per heavy atom. The molecule has 0 aliphatic heterocycles. The summed E-state index contributed by atoms with van der Waals surface area (Å²) in [6.45, 7) is 0.458. The molecule has 0 radical (unpaired) electrons. The first-order valence-electron chi connectivity index (χ1n) is 5.76. The van der Waals surface area contributed by atoms with Crippen LogP contribution in [0, 0.1) is 0 Å². The number of rotatable bonds is 4. The summed E-state index contributed by atoms with van der Waals surface area (Å²) in [6.07, 6.45) is 2.14. The summed E-state index contributed by atoms with van der Waals surface area (Å²) >= 11 is 0. The number of benzene rings is 1. The van der Waals surface area contributed by atoms with E-state index in [2.05, 4.69) is 35.9 Å². The molecule has 0 aliphatic rings. The van der Waals surface area contributed by atoms with Crippen LogP contribution in [0.25, 0.3) is 11.0 Å². The average Bonchev–Trinajstić information content (AvgIpc) is 3.08.